The second-order valence-electron chi connectivity index (χ2n) is 10.0. The molecule has 180 valence electrons. The van der Waals surface area contributed by atoms with Crippen molar-refractivity contribution >= 4 is 12.0 Å². The van der Waals surface area contributed by atoms with Crippen LogP contribution >= 0.6 is 0 Å². The largest absolute Gasteiger partial charge is 0.436 e. The summed E-state index contributed by atoms with van der Waals surface area (Å²) in [6, 6.07) is 2.33. The van der Waals surface area contributed by atoms with E-state index in [1.165, 1.54) is 32.1 Å². The van der Waals surface area contributed by atoms with E-state index in [1.807, 2.05) is 7.05 Å². The number of rotatable bonds is 7. The highest BCUT2D eigenvalue weighted by molar-refractivity contribution is 5.84. The first-order valence-corrected chi connectivity index (χ1v) is 12.4. The minimum absolute atomic E-state index is 0.266. The van der Waals surface area contributed by atoms with Gasteiger partial charge in [-0.1, -0.05) is 39.0 Å². The highest BCUT2D eigenvalue weighted by Gasteiger charge is 2.39. The number of carbonyl (C=O) groups excluding carboxylic acids is 2. The molecule has 8 heteroatoms. The summed E-state index contributed by atoms with van der Waals surface area (Å²) in [5, 5.41) is 12.8. The van der Waals surface area contributed by atoms with Crippen molar-refractivity contribution in [1.82, 2.24) is 15.1 Å². The molecule has 3 rings (SSSR count). The van der Waals surface area contributed by atoms with Gasteiger partial charge in [-0.3, -0.25) is 4.79 Å². The number of nitriles is 1. The molecule has 1 N–H and O–H groups in total. The lowest BCUT2D eigenvalue weighted by Gasteiger charge is -2.37. The number of piperidine rings is 1. The summed E-state index contributed by atoms with van der Waals surface area (Å²) >= 11 is 0. The van der Waals surface area contributed by atoms with Gasteiger partial charge in [0.2, 0.25) is 0 Å². The molecule has 0 bridgehead atoms. The summed E-state index contributed by atoms with van der Waals surface area (Å²) in [6.07, 6.45) is 7.73. The van der Waals surface area contributed by atoms with Crippen molar-refractivity contribution in [3.8, 4) is 6.07 Å². The quantitative estimate of drug-likeness (QED) is 0.643. The van der Waals surface area contributed by atoms with Crippen LogP contribution in [0.25, 0.3) is 0 Å². The first-order valence-electron chi connectivity index (χ1n) is 12.4. The number of morpholine rings is 1. The molecule has 32 heavy (non-hydrogen) atoms. The summed E-state index contributed by atoms with van der Waals surface area (Å²) in [5.41, 5.74) is -0.889. The Morgan fingerprint density at radius 1 is 1.16 bits per heavy atom. The van der Waals surface area contributed by atoms with Crippen molar-refractivity contribution in [2.24, 2.45) is 11.8 Å². The SMILES string of the molecule is CC(CC1CCCCC1)CC(OC(=O)N1CCOCC1)C(=O)NC1(C#N)CCN(C)CC1. The molecule has 8 nitrogen and oxygen atoms in total. The number of carbonyl (C=O) groups is 2. The highest BCUT2D eigenvalue weighted by atomic mass is 16.6. The summed E-state index contributed by atoms with van der Waals surface area (Å²) in [4.78, 5) is 29.8. The fraction of sp³-hybridized carbons (Fsp3) is 0.875. The number of nitrogens with one attached hydrogen (secondary N) is 1. The van der Waals surface area contributed by atoms with E-state index in [4.69, 9.17) is 9.47 Å². The van der Waals surface area contributed by atoms with Gasteiger partial charge in [0, 0.05) is 26.2 Å². The van der Waals surface area contributed by atoms with E-state index in [0.717, 1.165) is 19.5 Å². The number of hydrogen-bond acceptors (Lipinski definition) is 6. The molecule has 2 saturated heterocycles. The standard InChI is InChI=1S/C24H40N4O4/c1-19(16-20-6-4-3-5-7-20)17-21(32-23(30)28-12-14-31-15-13-28)22(29)26-24(18-25)8-10-27(2)11-9-24/h19-21H,3-17H2,1-2H3,(H,26,29). The zero-order valence-corrected chi connectivity index (χ0v) is 19.8. The molecule has 2 heterocycles. The van der Waals surface area contributed by atoms with Gasteiger partial charge in [-0.15, -0.1) is 0 Å². The number of hydrogen-bond donors (Lipinski definition) is 1. The molecule has 1 aliphatic carbocycles. The lowest BCUT2D eigenvalue weighted by atomic mass is 9.81. The lowest BCUT2D eigenvalue weighted by Crippen LogP contribution is -2.57. The average Bonchev–Trinajstić information content (AvgIpc) is 2.81. The normalized spacial score (nSPS) is 24.2. The number of amides is 2. The molecule has 1 saturated carbocycles. The van der Waals surface area contributed by atoms with Gasteiger partial charge in [0.1, 0.15) is 5.54 Å². The second kappa shape index (κ2) is 11.9. The van der Waals surface area contributed by atoms with Crippen LogP contribution in [0.2, 0.25) is 0 Å². The van der Waals surface area contributed by atoms with E-state index < -0.39 is 17.7 Å². The van der Waals surface area contributed by atoms with Gasteiger partial charge in [0.05, 0.1) is 19.3 Å². The Morgan fingerprint density at radius 3 is 2.44 bits per heavy atom. The van der Waals surface area contributed by atoms with Crippen LogP contribution in [0, 0.1) is 23.2 Å². The van der Waals surface area contributed by atoms with Crippen LogP contribution in [0.1, 0.15) is 64.7 Å². The second-order valence-corrected chi connectivity index (χ2v) is 10.0. The fourth-order valence-corrected chi connectivity index (χ4v) is 5.19. The molecule has 0 spiro atoms. The molecular formula is C24H40N4O4. The average molecular weight is 449 g/mol. The molecule has 0 aromatic rings. The van der Waals surface area contributed by atoms with E-state index >= 15 is 0 Å². The molecule has 3 fully saturated rings. The maximum atomic E-state index is 13.3. The van der Waals surface area contributed by atoms with E-state index in [9.17, 15) is 14.9 Å². The van der Waals surface area contributed by atoms with Crippen LogP contribution in [0.5, 0.6) is 0 Å². The molecule has 2 unspecified atom stereocenters. The Kier molecular flexibility index (Phi) is 9.18. The topological polar surface area (TPSA) is 94.9 Å². The molecular weight excluding hydrogens is 408 g/mol. The summed E-state index contributed by atoms with van der Waals surface area (Å²) in [7, 11) is 2.02. The molecule has 3 aliphatic rings. The van der Waals surface area contributed by atoms with Crippen molar-refractivity contribution < 1.29 is 19.1 Å². The van der Waals surface area contributed by atoms with E-state index in [-0.39, 0.29) is 11.8 Å². The zero-order valence-electron chi connectivity index (χ0n) is 19.8. The maximum Gasteiger partial charge on any atom is 0.410 e. The van der Waals surface area contributed by atoms with Crippen molar-refractivity contribution in [2.75, 3.05) is 46.4 Å². The van der Waals surface area contributed by atoms with Gasteiger partial charge in [-0.05, 0) is 44.6 Å². The summed E-state index contributed by atoms with van der Waals surface area (Å²) in [5.74, 6) is 0.617. The monoisotopic (exact) mass is 448 g/mol. The van der Waals surface area contributed by atoms with Crippen molar-refractivity contribution in [3.05, 3.63) is 0 Å². The van der Waals surface area contributed by atoms with Gasteiger partial charge in [0.15, 0.2) is 6.10 Å². The van der Waals surface area contributed by atoms with Crippen LogP contribution < -0.4 is 5.32 Å². The van der Waals surface area contributed by atoms with Crippen molar-refractivity contribution in [3.63, 3.8) is 0 Å². The van der Waals surface area contributed by atoms with Crippen LogP contribution in [0.3, 0.4) is 0 Å². The molecule has 0 radical (unpaired) electrons. The Hall–Kier alpha value is -1.85. The van der Waals surface area contributed by atoms with Gasteiger partial charge in [-0.2, -0.15) is 5.26 Å². The number of ether oxygens (including phenoxy) is 2. The molecule has 2 amide bonds. The van der Waals surface area contributed by atoms with E-state index in [2.05, 4.69) is 23.2 Å². The minimum atomic E-state index is -0.889. The van der Waals surface area contributed by atoms with Crippen LogP contribution in [0.4, 0.5) is 4.79 Å². The summed E-state index contributed by atoms with van der Waals surface area (Å²) in [6.45, 7) is 5.56. The minimum Gasteiger partial charge on any atom is -0.436 e. The predicted octanol–water partition coefficient (Wildman–Crippen LogP) is 2.92. The third-order valence-corrected chi connectivity index (χ3v) is 7.30. The van der Waals surface area contributed by atoms with Gasteiger partial charge >= 0.3 is 6.09 Å². The molecule has 2 aliphatic heterocycles. The van der Waals surface area contributed by atoms with Crippen LogP contribution in [-0.2, 0) is 14.3 Å². The third kappa shape index (κ3) is 7.08. The first kappa shape index (κ1) is 24.8. The highest BCUT2D eigenvalue weighted by Crippen LogP contribution is 2.31. The Labute approximate surface area is 192 Å². The van der Waals surface area contributed by atoms with Crippen molar-refractivity contribution in [2.45, 2.75) is 76.4 Å². The van der Waals surface area contributed by atoms with Gasteiger partial charge < -0.3 is 24.6 Å². The van der Waals surface area contributed by atoms with E-state index in [1.54, 1.807) is 4.90 Å². The number of nitrogens with zero attached hydrogens (tertiary/aromatic N) is 3. The predicted molar refractivity (Wildman–Crippen MR) is 121 cm³/mol. The van der Waals surface area contributed by atoms with Crippen LogP contribution in [-0.4, -0.2) is 79.9 Å². The van der Waals surface area contributed by atoms with Gasteiger partial charge in [0.25, 0.3) is 5.91 Å². The van der Waals surface area contributed by atoms with Crippen LogP contribution in [0.15, 0.2) is 0 Å². The summed E-state index contributed by atoms with van der Waals surface area (Å²) < 4.78 is 11.1. The third-order valence-electron chi connectivity index (χ3n) is 7.30. The smallest absolute Gasteiger partial charge is 0.410 e. The zero-order chi connectivity index (χ0) is 23.0. The number of likely N-dealkylation sites (tertiary alicyclic amines) is 1. The van der Waals surface area contributed by atoms with E-state index in [0.29, 0.717) is 51.5 Å². The van der Waals surface area contributed by atoms with Crippen molar-refractivity contribution in [1.29, 1.82) is 5.26 Å². The maximum absolute atomic E-state index is 13.3. The van der Waals surface area contributed by atoms with Gasteiger partial charge in [-0.25, -0.2) is 4.79 Å². The Bertz CT molecular complexity index is 659. The molecule has 0 aromatic carbocycles. The fourth-order valence-electron chi connectivity index (χ4n) is 5.19. The molecule has 2 atom stereocenters. The Morgan fingerprint density at radius 2 is 1.81 bits per heavy atom. The lowest BCUT2D eigenvalue weighted by molar-refractivity contribution is -0.133. The molecule has 0 aromatic heterocycles. The Balaban J connectivity index is 1.64. The first-order chi connectivity index (χ1) is 15.4.